The molecule has 0 amide bonds. The van der Waals surface area contributed by atoms with Gasteiger partial charge in [0.05, 0.1) is 6.10 Å². The molecule has 0 aliphatic rings. The zero-order chi connectivity index (χ0) is 6.57. The highest BCUT2D eigenvalue weighted by molar-refractivity contribution is 4.66. The van der Waals surface area contributed by atoms with Gasteiger partial charge in [-0.2, -0.15) is 4.91 Å². The molecule has 0 spiro atoms. The number of aliphatic hydroxyl groups is 1. The number of hydrogen-bond acceptors (Lipinski definition) is 3. The van der Waals surface area contributed by atoms with Crippen molar-refractivity contribution >= 4 is 0 Å². The van der Waals surface area contributed by atoms with Crippen molar-refractivity contribution in [2.75, 3.05) is 0 Å². The van der Waals surface area contributed by atoms with E-state index < -0.39 is 12.1 Å². The van der Waals surface area contributed by atoms with Crippen molar-refractivity contribution in [3.63, 3.8) is 0 Å². The van der Waals surface area contributed by atoms with Gasteiger partial charge in [-0.15, -0.1) is 0 Å². The highest BCUT2D eigenvalue weighted by Gasteiger charge is 2.10. The van der Waals surface area contributed by atoms with Gasteiger partial charge in [0.2, 0.25) is 0 Å². The van der Waals surface area contributed by atoms with Gasteiger partial charge in [0.25, 0.3) is 0 Å². The molecule has 3 heteroatoms. The van der Waals surface area contributed by atoms with E-state index in [1.165, 1.54) is 0 Å². The summed E-state index contributed by atoms with van der Waals surface area (Å²) in [6.07, 6.45) is 0.0277. The van der Waals surface area contributed by atoms with Crippen LogP contribution in [-0.2, 0) is 0 Å². The Morgan fingerprint density at radius 2 is 2.25 bits per heavy atom. The molecule has 1 N–H and O–H groups in total. The molecular weight excluding hydrogens is 106 g/mol. The summed E-state index contributed by atoms with van der Waals surface area (Å²) in [7, 11) is 0. The molecule has 8 heavy (non-hydrogen) atoms. The van der Waals surface area contributed by atoms with Crippen molar-refractivity contribution in [1.29, 1.82) is 0 Å². The normalized spacial score (nSPS) is 17.4. The monoisotopic (exact) mass is 117 g/mol. The predicted molar refractivity (Wildman–Crippen MR) is 31.6 cm³/mol. The van der Waals surface area contributed by atoms with E-state index >= 15 is 0 Å². The molecule has 0 saturated carbocycles. The maximum Gasteiger partial charge on any atom is 0.115 e. The van der Waals surface area contributed by atoms with Crippen molar-refractivity contribution in [3.8, 4) is 0 Å². The summed E-state index contributed by atoms with van der Waals surface area (Å²) in [5.41, 5.74) is 0. The van der Waals surface area contributed by atoms with Gasteiger partial charge < -0.3 is 5.11 Å². The Morgan fingerprint density at radius 3 is 2.38 bits per heavy atom. The third-order valence-electron chi connectivity index (χ3n) is 1.14. The lowest BCUT2D eigenvalue weighted by atomic mass is 10.1. The van der Waals surface area contributed by atoms with E-state index in [4.69, 9.17) is 5.11 Å². The van der Waals surface area contributed by atoms with E-state index in [9.17, 15) is 4.91 Å². The van der Waals surface area contributed by atoms with Crippen molar-refractivity contribution in [1.82, 2.24) is 0 Å². The van der Waals surface area contributed by atoms with Crippen LogP contribution in [0, 0.1) is 4.91 Å². The average molecular weight is 117 g/mol. The molecule has 0 bridgehead atoms. The van der Waals surface area contributed by atoms with Gasteiger partial charge in [0.15, 0.2) is 0 Å². The Hall–Kier alpha value is -0.440. The number of rotatable bonds is 3. The second kappa shape index (κ2) is 3.55. The Bertz CT molecular complexity index is 74.8. The van der Waals surface area contributed by atoms with Crippen molar-refractivity contribution < 1.29 is 5.11 Å². The molecule has 48 valence electrons. The summed E-state index contributed by atoms with van der Waals surface area (Å²) in [6, 6.07) is -0.458. The molecule has 0 aromatic carbocycles. The number of nitrogens with zero attached hydrogens (tertiary/aromatic N) is 1. The lowest BCUT2D eigenvalue weighted by molar-refractivity contribution is 0.147. The smallest absolute Gasteiger partial charge is 0.115 e. The van der Waals surface area contributed by atoms with E-state index in [2.05, 4.69) is 5.18 Å². The van der Waals surface area contributed by atoms with Crippen LogP contribution in [-0.4, -0.2) is 17.3 Å². The first-order chi connectivity index (χ1) is 3.72. The molecule has 0 heterocycles. The predicted octanol–water partition coefficient (Wildman–Crippen LogP) is 0.912. The first kappa shape index (κ1) is 7.56. The second-order valence-electron chi connectivity index (χ2n) is 1.82. The molecule has 0 saturated heterocycles. The van der Waals surface area contributed by atoms with Crippen LogP contribution in [0.25, 0.3) is 0 Å². The van der Waals surface area contributed by atoms with Gasteiger partial charge in [0.1, 0.15) is 6.04 Å². The summed E-state index contributed by atoms with van der Waals surface area (Å²) in [4.78, 5) is 9.70. The van der Waals surface area contributed by atoms with E-state index in [0.29, 0.717) is 6.42 Å². The Labute approximate surface area is 48.7 Å². The van der Waals surface area contributed by atoms with Gasteiger partial charge in [-0.1, -0.05) is 12.1 Å². The van der Waals surface area contributed by atoms with Crippen molar-refractivity contribution in [2.24, 2.45) is 5.18 Å². The largest absolute Gasteiger partial charge is 0.391 e. The summed E-state index contributed by atoms with van der Waals surface area (Å²) in [5, 5.41) is 11.5. The summed E-state index contributed by atoms with van der Waals surface area (Å²) in [5.74, 6) is 0. The highest BCUT2D eigenvalue weighted by Crippen LogP contribution is 1.99. The van der Waals surface area contributed by atoms with Crippen LogP contribution in [0.5, 0.6) is 0 Å². The van der Waals surface area contributed by atoms with Crippen LogP contribution >= 0.6 is 0 Å². The van der Waals surface area contributed by atoms with Gasteiger partial charge in [-0.25, -0.2) is 0 Å². The third kappa shape index (κ3) is 2.02. The molecule has 0 aromatic rings. The van der Waals surface area contributed by atoms with Gasteiger partial charge in [0, 0.05) is 0 Å². The summed E-state index contributed by atoms with van der Waals surface area (Å²) >= 11 is 0. The number of nitroso groups, excluding NO2 is 1. The first-order valence-electron chi connectivity index (χ1n) is 2.73. The maximum atomic E-state index is 9.70. The number of hydrogen-bond donors (Lipinski definition) is 1. The topological polar surface area (TPSA) is 49.7 Å². The molecule has 0 aliphatic heterocycles. The first-order valence-corrected chi connectivity index (χ1v) is 2.73. The lowest BCUT2D eigenvalue weighted by Gasteiger charge is -2.06. The minimum Gasteiger partial charge on any atom is -0.391 e. The maximum absolute atomic E-state index is 9.70. The Kier molecular flexibility index (Phi) is 3.35. The molecule has 3 nitrogen and oxygen atoms in total. The molecule has 2 atom stereocenters. The van der Waals surface area contributed by atoms with Crippen LogP contribution in [0.1, 0.15) is 20.3 Å². The molecule has 0 fully saturated rings. The molecular formula is C5H11NO2. The highest BCUT2D eigenvalue weighted by atomic mass is 16.3. The Morgan fingerprint density at radius 1 is 1.75 bits per heavy atom. The molecule has 0 rings (SSSR count). The minimum absolute atomic E-state index is 0.458. The van der Waals surface area contributed by atoms with Gasteiger partial charge in [-0.05, 0) is 13.3 Å². The quantitative estimate of drug-likeness (QED) is 0.558. The standard InChI is InChI=1S/C5H11NO2/c1-3-5(7)4(2)6-8/h4-5,7H,3H2,1-2H3/t4-,5-/m1/s1. The minimum atomic E-state index is -0.563. The van der Waals surface area contributed by atoms with Crippen molar-refractivity contribution in [2.45, 2.75) is 32.4 Å². The van der Waals surface area contributed by atoms with Crippen LogP contribution in [0.2, 0.25) is 0 Å². The summed E-state index contributed by atoms with van der Waals surface area (Å²) < 4.78 is 0. The van der Waals surface area contributed by atoms with Gasteiger partial charge >= 0.3 is 0 Å². The van der Waals surface area contributed by atoms with Crippen molar-refractivity contribution in [3.05, 3.63) is 4.91 Å². The number of aliphatic hydroxyl groups excluding tert-OH is 1. The van der Waals surface area contributed by atoms with Crippen LogP contribution in [0.15, 0.2) is 5.18 Å². The van der Waals surface area contributed by atoms with Crippen LogP contribution < -0.4 is 0 Å². The van der Waals surface area contributed by atoms with E-state index in [1.807, 2.05) is 6.92 Å². The average Bonchev–Trinajstić information content (AvgIpc) is 1.84. The molecule has 0 aliphatic carbocycles. The molecule has 0 aromatic heterocycles. The second-order valence-corrected chi connectivity index (χ2v) is 1.82. The Balaban J connectivity index is 3.44. The fourth-order valence-corrected chi connectivity index (χ4v) is 0.411. The SMILES string of the molecule is CC[C@@H](O)[C@@H](C)N=O. The summed E-state index contributed by atoms with van der Waals surface area (Å²) in [6.45, 7) is 3.41. The van der Waals surface area contributed by atoms with E-state index in [-0.39, 0.29) is 0 Å². The lowest BCUT2D eigenvalue weighted by Crippen LogP contribution is -2.18. The van der Waals surface area contributed by atoms with E-state index in [1.54, 1.807) is 6.92 Å². The zero-order valence-electron chi connectivity index (χ0n) is 5.16. The third-order valence-corrected chi connectivity index (χ3v) is 1.14. The molecule has 0 unspecified atom stereocenters. The van der Waals surface area contributed by atoms with E-state index in [0.717, 1.165) is 0 Å². The fourth-order valence-electron chi connectivity index (χ4n) is 0.411. The van der Waals surface area contributed by atoms with Crippen LogP contribution in [0.3, 0.4) is 0 Å². The van der Waals surface area contributed by atoms with Gasteiger partial charge in [-0.3, -0.25) is 0 Å². The zero-order valence-corrected chi connectivity index (χ0v) is 5.16. The van der Waals surface area contributed by atoms with Crippen LogP contribution in [0.4, 0.5) is 0 Å². The fraction of sp³-hybridized carbons (Fsp3) is 1.00. The molecule has 0 radical (unpaired) electrons.